The number of aryl methyl sites for hydroxylation is 1. The first-order valence-electron chi connectivity index (χ1n) is 7.61. The number of piperidine rings is 1. The number of nitrogens with zero attached hydrogens (tertiary/aromatic N) is 3. The van der Waals surface area contributed by atoms with E-state index >= 15 is 0 Å². The molecule has 9 heteroatoms. The van der Waals surface area contributed by atoms with Crippen LogP contribution in [0.5, 0.6) is 0 Å². The molecule has 0 spiro atoms. The lowest BCUT2D eigenvalue weighted by atomic mass is 10.1. The zero-order chi connectivity index (χ0) is 17.2. The molecule has 1 aliphatic heterocycles. The first-order valence-corrected chi connectivity index (χ1v) is 9.05. The molecule has 1 saturated heterocycles. The van der Waals surface area contributed by atoms with E-state index in [1.165, 1.54) is 22.5 Å². The van der Waals surface area contributed by atoms with Crippen molar-refractivity contribution in [3.05, 3.63) is 41.8 Å². The number of hydrogen-bond acceptors (Lipinski definition) is 6. The van der Waals surface area contributed by atoms with Crippen LogP contribution in [0, 0.1) is 12.7 Å². The summed E-state index contributed by atoms with van der Waals surface area (Å²) in [5.74, 6) is 0.385. The van der Waals surface area contributed by atoms with Crippen LogP contribution in [0.1, 0.15) is 24.6 Å². The highest BCUT2D eigenvalue weighted by Crippen LogP contribution is 2.23. The van der Waals surface area contributed by atoms with E-state index in [4.69, 9.17) is 9.26 Å². The number of halogens is 1. The van der Waals surface area contributed by atoms with E-state index in [1.807, 2.05) is 0 Å². The minimum absolute atomic E-state index is 0.0248. The van der Waals surface area contributed by atoms with Crippen molar-refractivity contribution in [3.63, 3.8) is 0 Å². The Labute approximate surface area is 139 Å². The molecule has 2 aromatic rings. The topological polar surface area (TPSA) is 85.5 Å². The summed E-state index contributed by atoms with van der Waals surface area (Å²) in [7, 11) is -3.67. The van der Waals surface area contributed by atoms with Gasteiger partial charge in [-0.3, -0.25) is 0 Å². The molecule has 2 heterocycles. The molecule has 0 amide bonds. The van der Waals surface area contributed by atoms with Crippen LogP contribution in [0.2, 0.25) is 0 Å². The third kappa shape index (κ3) is 3.80. The second-order valence-corrected chi connectivity index (χ2v) is 7.55. The van der Waals surface area contributed by atoms with E-state index in [0.29, 0.717) is 37.6 Å². The van der Waals surface area contributed by atoms with Gasteiger partial charge in [-0.15, -0.1) is 0 Å². The molecule has 0 saturated carbocycles. The van der Waals surface area contributed by atoms with E-state index in [-0.39, 0.29) is 17.6 Å². The molecule has 0 N–H and O–H groups in total. The van der Waals surface area contributed by atoms with Gasteiger partial charge in [-0.25, -0.2) is 12.8 Å². The zero-order valence-corrected chi connectivity index (χ0v) is 14.0. The summed E-state index contributed by atoms with van der Waals surface area (Å²) in [6.07, 6.45) is 1.04. The van der Waals surface area contributed by atoms with Crippen molar-refractivity contribution in [1.82, 2.24) is 14.4 Å². The quantitative estimate of drug-likeness (QED) is 0.814. The van der Waals surface area contributed by atoms with E-state index < -0.39 is 15.8 Å². The molecular formula is C15H18FN3O4S. The molecule has 1 fully saturated rings. The van der Waals surface area contributed by atoms with Crippen LogP contribution < -0.4 is 0 Å². The fourth-order valence-electron chi connectivity index (χ4n) is 2.60. The number of rotatable bonds is 5. The summed E-state index contributed by atoms with van der Waals surface area (Å²) in [4.78, 5) is 4.03. The fraction of sp³-hybridized carbons (Fsp3) is 0.467. The highest BCUT2D eigenvalue weighted by molar-refractivity contribution is 7.89. The number of ether oxygens (including phenoxy) is 1. The number of benzene rings is 1. The molecule has 1 aromatic carbocycles. The third-order valence-electron chi connectivity index (χ3n) is 3.85. The summed E-state index contributed by atoms with van der Waals surface area (Å²) in [5, 5.41) is 3.68. The Morgan fingerprint density at radius 1 is 1.38 bits per heavy atom. The Balaban J connectivity index is 1.56. The largest absolute Gasteiger partial charge is 0.368 e. The lowest BCUT2D eigenvalue weighted by Gasteiger charge is -2.30. The first kappa shape index (κ1) is 17.0. The zero-order valence-electron chi connectivity index (χ0n) is 13.2. The van der Waals surface area contributed by atoms with Crippen LogP contribution in [0.15, 0.2) is 33.7 Å². The minimum Gasteiger partial charge on any atom is -0.368 e. The van der Waals surface area contributed by atoms with Crippen LogP contribution in [-0.2, 0) is 21.4 Å². The molecule has 7 nitrogen and oxygen atoms in total. The maximum Gasteiger partial charge on any atom is 0.252 e. The van der Waals surface area contributed by atoms with Crippen LogP contribution in [-0.4, -0.2) is 42.1 Å². The Morgan fingerprint density at radius 3 is 2.75 bits per heavy atom. The lowest BCUT2D eigenvalue weighted by Crippen LogP contribution is -2.40. The van der Waals surface area contributed by atoms with Gasteiger partial charge in [0.05, 0.1) is 11.0 Å². The first-order chi connectivity index (χ1) is 11.4. The van der Waals surface area contributed by atoms with Crippen molar-refractivity contribution < 1.29 is 22.1 Å². The molecular weight excluding hydrogens is 337 g/mol. The summed E-state index contributed by atoms with van der Waals surface area (Å²) in [6.45, 7) is 2.59. The summed E-state index contributed by atoms with van der Waals surface area (Å²) >= 11 is 0. The molecule has 3 rings (SSSR count). The maximum absolute atomic E-state index is 13.3. The van der Waals surface area contributed by atoms with Gasteiger partial charge >= 0.3 is 0 Å². The van der Waals surface area contributed by atoms with Crippen molar-refractivity contribution in [2.75, 3.05) is 13.1 Å². The Morgan fingerprint density at radius 2 is 2.12 bits per heavy atom. The Kier molecular flexibility index (Phi) is 4.93. The number of hydrogen-bond donors (Lipinski definition) is 0. The van der Waals surface area contributed by atoms with Gasteiger partial charge in [0, 0.05) is 13.1 Å². The average Bonchev–Trinajstić information content (AvgIpc) is 2.99. The van der Waals surface area contributed by atoms with Crippen molar-refractivity contribution in [1.29, 1.82) is 0 Å². The predicted octanol–water partition coefficient (Wildman–Crippen LogP) is 1.89. The number of aromatic nitrogens is 2. The van der Waals surface area contributed by atoms with Gasteiger partial charge in [-0.2, -0.15) is 9.29 Å². The fourth-order valence-corrected chi connectivity index (χ4v) is 4.11. The SMILES string of the molecule is Cc1noc(COC2CCN(S(=O)(=O)c3cccc(F)c3)CC2)n1. The average molecular weight is 355 g/mol. The maximum atomic E-state index is 13.3. The van der Waals surface area contributed by atoms with Gasteiger partial charge in [0.2, 0.25) is 10.0 Å². The molecule has 1 aliphatic rings. The van der Waals surface area contributed by atoms with Gasteiger partial charge in [0.1, 0.15) is 12.4 Å². The Bertz CT molecular complexity index is 801. The van der Waals surface area contributed by atoms with Gasteiger partial charge < -0.3 is 9.26 Å². The normalized spacial score (nSPS) is 17.2. The minimum atomic E-state index is -3.67. The van der Waals surface area contributed by atoms with Crippen molar-refractivity contribution in [2.24, 2.45) is 0 Å². The van der Waals surface area contributed by atoms with Crippen LogP contribution >= 0.6 is 0 Å². The monoisotopic (exact) mass is 355 g/mol. The van der Waals surface area contributed by atoms with Crippen molar-refractivity contribution in [2.45, 2.75) is 37.4 Å². The van der Waals surface area contributed by atoms with Crippen LogP contribution in [0.25, 0.3) is 0 Å². The smallest absolute Gasteiger partial charge is 0.252 e. The molecule has 0 radical (unpaired) electrons. The highest BCUT2D eigenvalue weighted by atomic mass is 32.2. The molecule has 130 valence electrons. The summed E-state index contributed by atoms with van der Waals surface area (Å²) < 4.78 is 50.3. The van der Waals surface area contributed by atoms with Crippen molar-refractivity contribution >= 4 is 10.0 Å². The van der Waals surface area contributed by atoms with Gasteiger partial charge in [0.25, 0.3) is 5.89 Å². The molecule has 0 aliphatic carbocycles. The van der Waals surface area contributed by atoms with Crippen LogP contribution in [0.3, 0.4) is 0 Å². The standard InChI is InChI=1S/C15H18FN3O4S/c1-11-17-15(23-18-11)10-22-13-5-7-19(8-6-13)24(20,21)14-4-2-3-12(16)9-14/h2-4,9,13H,5-8,10H2,1H3. The van der Waals surface area contributed by atoms with Crippen molar-refractivity contribution in [3.8, 4) is 0 Å². The Hall–Kier alpha value is -1.84. The molecule has 1 aromatic heterocycles. The van der Waals surface area contributed by atoms with Crippen LogP contribution in [0.4, 0.5) is 4.39 Å². The van der Waals surface area contributed by atoms with Gasteiger partial charge in [0.15, 0.2) is 5.82 Å². The second kappa shape index (κ2) is 6.96. The summed E-state index contributed by atoms with van der Waals surface area (Å²) in [6, 6.07) is 5.05. The highest BCUT2D eigenvalue weighted by Gasteiger charge is 2.30. The molecule has 24 heavy (non-hydrogen) atoms. The summed E-state index contributed by atoms with van der Waals surface area (Å²) in [5.41, 5.74) is 0. The van der Waals surface area contributed by atoms with E-state index in [9.17, 15) is 12.8 Å². The van der Waals surface area contributed by atoms with Gasteiger partial charge in [-0.05, 0) is 38.0 Å². The third-order valence-corrected chi connectivity index (χ3v) is 5.74. The van der Waals surface area contributed by atoms with E-state index in [2.05, 4.69) is 10.1 Å². The number of sulfonamides is 1. The molecule has 0 bridgehead atoms. The predicted molar refractivity (Wildman–Crippen MR) is 82.0 cm³/mol. The van der Waals surface area contributed by atoms with Gasteiger partial charge in [-0.1, -0.05) is 11.2 Å². The molecule has 0 atom stereocenters. The lowest BCUT2D eigenvalue weighted by molar-refractivity contribution is -0.00119. The van der Waals surface area contributed by atoms with E-state index in [0.717, 1.165) is 6.07 Å². The molecule has 0 unspecified atom stereocenters. The van der Waals surface area contributed by atoms with E-state index in [1.54, 1.807) is 6.92 Å². The second-order valence-electron chi connectivity index (χ2n) is 5.61.